The lowest BCUT2D eigenvalue weighted by molar-refractivity contribution is -0.144. The Morgan fingerprint density at radius 2 is 1.76 bits per heavy atom. The third-order valence-electron chi connectivity index (χ3n) is 7.57. The van der Waals surface area contributed by atoms with Gasteiger partial charge in [0.05, 0.1) is 22.2 Å². The van der Waals surface area contributed by atoms with Gasteiger partial charge in [-0.15, -0.1) is 11.3 Å². The molecular weight excluding hydrogens is 538 g/mol. The lowest BCUT2D eigenvalue weighted by Gasteiger charge is -2.35. The van der Waals surface area contributed by atoms with Gasteiger partial charge < -0.3 is 26.4 Å². The average molecular weight is 586 g/mol. The molecule has 0 radical (unpaired) electrons. The molecule has 3 amide bonds. The SMILES string of the molecule is Cc1ncsc1-c1ccc(CNC(=O)C2CC(O)CN2C(=O)C(NC(=O)CCCCCCCCN)C(C)(C)C)cc1. The molecule has 0 saturated carbocycles. The molecule has 1 fully saturated rings. The summed E-state index contributed by atoms with van der Waals surface area (Å²) < 4.78 is 0. The van der Waals surface area contributed by atoms with Crippen LogP contribution in [-0.4, -0.2) is 64.0 Å². The summed E-state index contributed by atoms with van der Waals surface area (Å²) in [7, 11) is 0. The number of thiazole rings is 1. The molecule has 226 valence electrons. The van der Waals surface area contributed by atoms with Crippen LogP contribution in [0.3, 0.4) is 0 Å². The van der Waals surface area contributed by atoms with E-state index in [1.165, 1.54) is 4.90 Å². The van der Waals surface area contributed by atoms with E-state index < -0.39 is 23.6 Å². The quantitative estimate of drug-likeness (QED) is 0.248. The molecule has 1 aliphatic rings. The topological polar surface area (TPSA) is 138 Å². The van der Waals surface area contributed by atoms with Crippen molar-refractivity contribution in [3.05, 3.63) is 41.0 Å². The number of unbranched alkanes of at least 4 members (excludes halogenated alkanes) is 5. The highest BCUT2D eigenvalue weighted by atomic mass is 32.1. The van der Waals surface area contributed by atoms with Crippen LogP contribution in [0, 0.1) is 12.3 Å². The molecule has 0 bridgehead atoms. The van der Waals surface area contributed by atoms with Gasteiger partial charge in [0.2, 0.25) is 17.7 Å². The minimum atomic E-state index is -0.803. The van der Waals surface area contributed by atoms with Gasteiger partial charge in [0.1, 0.15) is 12.1 Å². The maximum absolute atomic E-state index is 13.7. The Kier molecular flexibility index (Phi) is 12.3. The summed E-state index contributed by atoms with van der Waals surface area (Å²) in [4.78, 5) is 46.6. The fourth-order valence-electron chi connectivity index (χ4n) is 5.15. The van der Waals surface area contributed by atoms with E-state index in [0.29, 0.717) is 19.5 Å². The van der Waals surface area contributed by atoms with Crippen molar-refractivity contribution < 1.29 is 19.5 Å². The van der Waals surface area contributed by atoms with Crippen LogP contribution >= 0.6 is 11.3 Å². The number of β-amino-alcohol motifs (C(OH)–C–C–N with tert-alkyl or cyclic N) is 1. The highest BCUT2D eigenvalue weighted by Crippen LogP contribution is 2.28. The number of nitrogens with zero attached hydrogens (tertiary/aromatic N) is 2. The predicted octanol–water partition coefficient (Wildman–Crippen LogP) is 3.92. The summed E-state index contributed by atoms with van der Waals surface area (Å²) >= 11 is 1.59. The largest absolute Gasteiger partial charge is 0.391 e. The van der Waals surface area contributed by atoms with Gasteiger partial charge >= 0.3 is 0 Å². The fourth-order valence-corrected chi connectivity index (χ4v) is 5.96. The summed E-state index contributed by atoms with van der Waals surface area (Å²) in [6, 6.07) is 6.35. The summed E-state index contributed by atoms with van der Waals surface area (Å²) in [6.45, 7) is 8.74. The van der Waals surface area contributed by atoms with Crippen molar-refractivity contribution in [1.29, 1.82) is 0 Å². The summed E-state index contributed by atoms with van der Waals surface area (Å²) in [5.74, 6) is -0.822. The summed E-state index contributed by atoms with van der Waals surface area (Å²) in [5, 5.41) is 16.3. The predicted molar refractivity (Wildman–Crippen MR) is 163 cm³/mol. The van der Waals surface area contributed by atoms with E-state index in [0.717, 1.165) is 60.2 Å². The minimum Gasteiger partial charge on any atom is -0.391 e. The molecule has 5 N–H and O–H groups in total. The molecule has 1 aromatic carbocycles. The molecule has 0 aliphatic carbocycles. The summed E-state index contributed by atoms with van der Waals surface area (Å²) in [6.07, 6.45) is 5.75. The average Bonchev–Trinajstić information content (AvgIpc) is 3.54. The zero-order valence-corrected chi connectivity index (χ0v) is 25.8. The van der Waals surface area contributed by atoms with Gasteiger partial charge in [-0.25, -0.2) is 4.98 Å². The smallest absolute Gasteiger partial charge is 0.246 e. The number of nitrogens with one attached hydrogen (secondary N) is 2. The van der Waals surface area contributed by atoms with Crippen molar-refractivity contribution in [3.8, 4) is 10.4 Å². The number of hydrogen-bond acceptors (Lipinski definition) is 7. The van der Waals surface area contributed by atoms with Gasteiger partial charge in [0.25, 0.3) is 0 Å². The van der Waals surface area contributed by atoms with E-state index in [4.69, 9.17) is 5.73 Å². The molecule has 2 heterocycles. The molecule has 3 rings (SSSR count). The van der Waals surface area contributed by atoms with Crippen molar-refractivity contribution in [2.24, 2.45) is 11.1 Å². The molecule has 3 atom stereocenters. The highest BCUT2D eigenvalue weighted by molar-refractivity contribution is 7.13. The first-order chi connectivity index (χ1) is 19.5. The lowest BCUT2D eigenvalue weighted by Crippen LogP contribution is -2.57. The Morgan fingerprint density at radius 3 is 2.37 bits per heavy atom. The number of likely N-dealkylation sites (tertiary alicyclic amines) is 1. The van der Waals surface area contributed by atoms with Crippen LogP contribution in [-0.2, 0) is 20.9 Å². The molecular formula is C31H47N5O4S. The molecule has 10 heteroatoms. The number of aliphatic hydroxyl groups excluding tert-OH is 1. The van der Waals surface area contributed by atoms with Crippen molar-refractivity contribution >= 4 is 29.1 Å². The van der Waals surface area contributed by atoms with Crippen molar-refractivity contribution in [2.45, 2.75) is 104 Å². The van der Waals surface area contributed by atoms with Gasteiger partial charge in [-0.2, -0.15) is 0 Å². The van der Waals surface area contributed by atoms with E-state index in [2.05, 4.69) is 15.6 Å². The number of carbonyl (C=O) groups is 3. The first-order valence-electron chi connectivity index (χ1n) is 14.8. The van der Waals surface area contributed by atoms with Gasteiger partial charge in [0.15, 0.2) is 0 Å². The maximum Gasteiger partial charge on any atom is 0.246 e. The number of aromatic nitrogens is 1. The van der Waals surface area contributed by atoms with Crippen LogP contribution in [0.1, 0.15) is 83.4 Å². The van der Waals surface area contributed by atoms with E-state index in [9.17, 15) is 19.5 Å². The van der Waals surface area contributed by atoms with Crippen LogP contribution in [0.25, 0.3) is 10.4 Å². The molecule has 1 aliphatic heterocycles. The zero-order chi connectivity index (χ0) is 30.0. The van der Waals surface area contributed by atoms with Gasteiger partial charge in [-0.3, -0.25) is 14.4 Å². The molecule has 2 aromatic rings. The van der Waals surface area contributed by atoms with Crippen LogP contribution < -0.4 is 16.4 Å². The Labute approximate surface area is 248 Å². The number of aryl methyl sites for hydroxylation is 1. The lowest BCUT2D eigenvalue weighted by atomic mass is 9.85. The summed E-state index contributed by atoms with van der Waals surface area (Å²) in [5.41, 5.74) is 9.78. The minimum absolute atomic E-state index is 0.0606. The van der Waals surface area contributed by atoms with Gasteiger partial charge in [-0.1, -0.05) is 70.7 Å². The number of aliphatic hydroxyl groups is 1. The van der Waals surface area contributed by atoms with E-state index in [-0.39, 0.29) is 30.7 Å². The highest BCUT2D eigenvalue weighted by Gasteiger charge is 2.44. The van der Waals surface area contributed by atoms with Crippen LogP contribution in [0.4, 0.5) is 0 Å². The van der Waals surface area contributed by atoms with Crippen molar-refractivity contribution in [1.82, 2.24) is 20.5 Å². The molecule has 1 aromatic heterocycles. The number of rotatable bonds is 14. The zero-order valence-electron chi connectivity index (χ0n) is 24.9. The Bertz CT molecular complexity index is 1140. The molecule has 0 spiro atoms. The number of nitrogens with two attached hydrogens (primary N) is 1. The Balaban J connectivity index is 1.57. The van der Waals surface area contributed by atoms with Gasteiger partial charge in [0, 0.05) is 25.9 Å². The van der Waals surface area contributed by atoms with Crippen LogP contribution in [0.5, 0.6) is 0 Å². The normalized spacial score (nSPS) is 17.9. The number of carbonyl (C=O) groups excluding carboxylic acids is 3. The molecule has 3 unspecified atom stereocenters. The van der Waals surface area contributed by atoms with E-state index in [1.807, 2.05) is 57.5 Å². The second-order valence-corrected chi connectivity index (χ2v) is 13.0. The molecule has 1 saturated heterocycles. The van der Waals surface area contributed by atoms with E-state index in [1.54, 1.807) is 11.3 Å². The van der Waals surface area contributed by atoms with E-state index >= 15 is 0 Å². The molecule has 41 heavy (non-hydrogen) atoms. The third kappa shape index (κ3) is 9.61. The fraction of sp³-hybridized carbons (Fsp3) is 0.613. The Hall–Kier alpha value is -2.82. The standard InChI is InChI=1S/C31H47N5O4S/c1-21-27(41-20-34-21)23-14-12-22(13-15-23)18-33-29(39)25-17-24(37)19-36(25)30(40)28(31(2,3)4)35-26(38)11-9-7-5-6-8-10-16-32/h12-15,20,24-25,28,37H,5-11,16-19,32H2,1-4H3,(H,33,39)(H,35,38). The van der Waals surface area contributed by atoms with Gasteiger partial charge in [-0.05, 0) is 42.9 Å². The first-order valence-corrected chi connectivity index (χ1v) is 15.6. The molecule has 9 nitrogen and oxygen atoms in total. The maximum atomic E-state index is 13.7. The van der Waals surface area contributed by atoms with Crippen molar-refractivity contribution in [2.75, 3.05) is 13.1 Å². The first kappa shape index (κ1) is 32.7. The monoisotopic (exact) mass is 585 g/mol. The van der Waals surface area contributed by atoms with Crippen LogP contribution in [0.2, 0.25) is 0 Å². The number of benzene rings is 1. The number of hydrogen-bond donors (Lipinski definition) is 4. The second kappa shape index (κ2) is 15.4. The Morgan fingerprint density at radius 1 is 1.10 bits per heavy atom. The van der Waals surface area contributed by atoms with Crippen molar-refractivity contribution in [3.63, 3.8) is 0 Å². The van der Waals surface area contributed by atoms with Crippen LogP contribution in [0.15, 0.2) is 29.8 Å². The third-order valence-corrected chi connectivity index (χ3v) is 8.55. The second-order valence-electron chi connectivity index (χ2n) is 12.1. The number of amides is 3.